The molecule has 3 rings (SSSR count). The lowest BCUT2D eigenvalue weighted by Crippen LogP contribution is -2.10. The maximum Gasteiger partial charge on any atom is 0.416 e. The zero-order valence-electron chi connectivity index (χ0n) is 12.0. The van der Waals surface area contributed by atoms with Gasteiger partial charge in [-0.3, -0.25) is 4.79 Å². The van der Waals surface area contributed by atoms with E-state index in [0.29, 0.717) is 5.69 Å². The monoisotopic (exact) mass is 325 g/mol. The number of H-pyrrole nitrogens is 1. The fourth-order valence-electron chi connectivity index (χ4n) is 2.26. The molecule has 1 N–H and O–H groups in total. The van der Waals surface area contributed by atoms with Crippen molar-refractivity contribution in [3.63, 3.8) is 0 Å². The fourth-order valence-corrected chi connectivity index (χ4v) is 2.26. The van der Waals surface area contributed by atoms with Gasteiger partial charge in [0.1, 0.15) is 16.8 Å². The lowest BCUT2D eigenvalue weighted by atomic mass is 10.1. The van der Waals surface area contributed by atoms with Crippen molar-refractivity contribution >= 4 is 11.0 Å². The van der Waals surface area contributed by atoms with Crippen LogP contribution in [0.1, 0.15) is 11.3 Å². The topological polar surface area (TPSA) is 81.0 Å². The number of alkyl halides is 3. The number of aromatic nitrogens is 3. The molecule has 0 aliphatic heterocycles. The van der Waals surface area contributed by atoms with Gasteiger partial charge in [0.05, 0.1) is 18.4 Å². The van der Waals surface area contributed by atoms with Crippen molar-refractivity contribution in [2.75, 3.05) is 7.11 Å². The highest BCUT2D eigenvalue weighted by molar-refractivity contribution is 5.91. The number of rotatable bonds is 2. The Labute approximate surface area is 126 Å². The molecular weight excluding hydrogens is 315 g/mol. The Morgan fingerprint density at radius 2 is 2.04 bits per heavy atom. The summed E-state index contributed by atoms with van der Waals surface area (Å²) in [6.45, 7) is 1.58. The van der Waals surface area contributed by atoms with E-state index in [1.165, 1.54) is 13.2 Å². The first-order valence-electron chi connectivity index (χ1n) is 6.43. The number of halogens is 3. The van der Waals surface area contributed by atoms with Crippen LogP contribution in [-0.4, -0.2) is 22.5 Å². The lowest BCUT2D eigenvalue weighted by molar-refractivity contribution is -0.137. The summed E-state index contributed by atoms with van der Waals surface area (Å²) >= 11 is 0. The van der Waals surface area contributed by atoms with Crippen LogP contribution in [0, 0.1) is 6.92 Å². The Morgan fingerprint density at radius 3 is 2.70 bits per heavy atom. The first kappa shape index (κ1) is 15.1. The molecule has 0 aliphatic rings. The summed E-state index contributed by atoms with van der Waals surface area (Å²) in [5.74, 6) is -0.0465. The minimum absolute atomic E-state index is 0.0465. The van der Waals surface area contributed by atoms with Gasteiger partial charge >= 0.3 is 6.18 Å². The van der Waals surface area contributed by atoms with E-state index in [4.69, 9.17) is 9.26 Å². The van der Waals surface area contributed by atoms with Crippen molar-refractivity contribution in [2.24, 2.45) is 0 Å². The predicted octanol–water partition coefficient (Wildman–Crippen LogP) is 2.91. The largest absolute Gasteiger partial charge is 0.496 e. The average molecular weight is 325 g/mol. The molecule has 0 bridgehead atoms. The highest BCUT2D eigenvalue weighted by Crippen LogP contribution is 2.38. The van der Waals surface area contributed by atoms with Crippen LogP contribution >= 0.6 is 0 Å². The number of fused-ring (bicyclic) bond motifs is 1. The number of benzene rings is 1. The Balaban J connectivity index is 2.27. The molecule has 1 aromatic carbocycles. The normalized spacial score (nSPS) is 11.9. The average Bonchev–Trinajstić information content (AvgIpc) is 2.89. The number of aryl methyl sites for hydroxylation is 1. The van der Waals surface area contributed by atoms with Crippen LogP contribution in [0.5, 0.6) is 5.75 Å². The van der Waals surface area contributed by atoms with Gasteiger partial charge in [0, 0.05) is 5.56 Å². The first-order valence-corrected chi connectivity index (χ1v) is 6.43. The van der Waals surface area contributed by atoms with Gasteiger partial charge < -0.3 is 9.26 Å². The molecule has 6 nitrogen and oxygen atoms in total. The Hall–Kier alpha value is -2.84. The van der Waals surface area contributed by atoms with E-state index in [0.717, 1.165) is 12.1 Å². The predicted molar refractivity (Wildman–Crippen MR) is 74.2 cm³/mol. The number of methoxy groups -OCH3 is 1. The standard InChI is InChI=1S/C14H10F3N3O3/c1-6-10-12(23-20-6)11(18-19-13(10)21)8-4-3-7(14(15,16)17)5-9(8)22-2/h3-5H,1-2H3,(H,19,21). The molecule has 0 spiro atoms. The Bertz CT molecular complexity index is 944. The maximum absolute atomic E-state index is 12.8. The van der Waals surface area contributed by atoms with Gasteiger partial charge in [0.15, 0.2) is 0 Å². The molecule has 0 unspecified atom stereocenters. The van der Waals surface area contributed by atoms with Crippen LogP contribution in [0.4, 0.5) is 13.2 Å². The quantitative estimate of drug-likeness (QED) is 0.783. The zero-order valence-corrected chi connectivity index (χ0v) is 12.0. The minimum Gasteiger partial charge on any atom is -0.496 e. The number of nitrogens with zero attached hydrogens (tertiary/aromatic N) is 2. The molecule has 0 radical (unpaired) electrons. The number of ether oxygens (including phenoxy) is 1. The summed E-state index contributed by atoms with van der Waals surface area (Å²) in [5.41, 5.74) is -0.510. The van der Waals surface area contributed by atoms with Gasteiger partial charge in [0.2, 0.25) is 5.58 Å². The van der Waals surface area contributed by atoms with E-state index in [1.54, 1.807) is 6.92 Å². The van der Waals surface area contributed by atoms with Gasteiger partial charge in [-0.1, -0.05) is 5.16 Å². The summed E-state index contributed by atoms with van der Waals surface area (Å²) in [5, 5.41) is 10.0. The molecule has 0 amide bonds. The second-order valence-corrected chi connectivity index (χ2v) is 4.79. The molecule has 23 heavy (non-hydrogen) atoms. The van der Waals surface area contributed by atoms with Gasteiger partial charge in [-0.15, -0.1) is 0 Å². The van der Waals surface area contributed by atoms with E-state index in [2.05, 4.69) is 15.4 Å². The van der Waals surface area contributed by atoms with Crippen LogP contribution in [0.15, 0.2) is 27.5 Å². The Kier molecular flexibility index (Phi) is 3.35. The number of nitrogens with one attached hydrogen (secondary N) is 1. The van der Waals surface area contributed by atoms with Crippen LogP contribution < -0.4 is 10.3 Å². The van der Waals surface area contributed by atoms with E-state index in [9.17, 15) is 18.0 Å². The summed E-state index contributed by atoms with van der Waals surface area (Å²) in [7, 11) is 1.24. The number of aromatic amines is 1. The summed E-state index contributed by atoms with van der Waals surface area (Å²) in [6, 6.07) is 2.97. The second kappa shape index (κ2) is 5.11. The van der Waals surface area contributed by atoms with Crippen LogP contribution in [0.25, 0.3) is 22.2 Å². The highest BCUT2D eigenvalue weighted by Gasteiger charge is 2.32. The van der Waals surface area contributed by atoms with Crippen molar-refractivity contribution in [1.82, 2.24) is 15.4 Å². The third kappa shape index (κ3) is 2.43. The number of hydrogen-bond donors (Lipinski definition) is 1. The fraction of sp³-hybridized carbons (Fsp3) is 0.214. The molecule has 0 atom stereocenters. The lowest BCUT2D eigenvalue weighted by Gasteiger charge is -2.12. The molecule has 0 fully saturated rings. The van der Waals surface area contributed by atoms with Crippen LogP contribution in [0.3, 0.4) is 0 Å². The van der Waals surface area contributed by atoms with Gasteiger partial charge in [-0.05, 0) is 25.1 Å². The molecular formula is C14H10F3N3O3. The molecule has 0 aliphatic carbocycles. The smallest absolute Gasteiger partial charge is 0.416 e. The van der Waals surface area contributed by atoms with E-state index in [1.807, 2.05) is 0 Å². The van der Waals surface area contributed by atoms with E-state index < -0.39 is 17.3 Å². The molecule has 2 aromatic heterocycles. The highest BCUT2D eigenvalue weighted by atomic mass is 19.4. The molecule has 120 valence electrons. The third-order valence-electron chi connectivity index (χ3n) is 3.36. The third-order valence-corrected chi connectivity index (χ3v) is 3.36. The molecule has 0 saturated heterocycles. The maximum atomic E-state index is 12.8. The minimum atomic E-state index is -4.50. The van der Waals surface area contributed by atoms with Crippen molar-refractivity contribution < 1.29 is 22.4 Å². The summed E-state index contributed by atoms with van der Waals surface area (Å²) in [6.07, 6.45) is -4.50. The van der Waals surface area contributed by atoms with Crippen molar-refractivity contribution in [1.29, 1.82) is 0 Å². The van der Waals surface area contributed by atoms with Gasteiger partial charge in [-0.2, -0.15) is 18.3 Å². The van der Waals surface area contributed by atoms with Gasteiger partial charge in [-0.25, -0.2) is 5.10 Å². The van der Waals surface area contributed by atoms with E-state index >= 15 is 0 Å². The van der Waals surface area contributed by atoms with Crippen molar-refractivity contribution in [3.05, 3.63) is 39.8 Å². The Morgan fingerprint density at radius 1 is 1.30 bits per heavy atom. The molecule has 0 saturated carbocycles. The first-order chi connectivity index (χ1) is 10.8. The summed E-state index contributed by atoms with van der Waals surface area (Å²) < 4.78 is 48.5. The van der Waals surface area contributed by atoms with Gasteiger partial charge in [0.25, 0.3) is 5.56 Å². The summed E-state index contributed by atoms with van der Waals surface area (Å²) in [4.78, 5) is 11.8. The number of hydrogen-bond acceptors (Lipinski definition) is 5. The molecule has 3 aromatic rings. The van der Waals surface area contributed by atoms with Crippen molar-refractivity contribution in [3.8, 4) is 17.0 Å². The second-order valence-electron chi connectivity index (χ2n) is 4.79. The molecule has 2 heterocycles. The van der Waals surface area contributed by atoms with Crippen LogP contribution in [-0.2, 0) is 6.18 Å². The molecule has 9 heteroatoms. The zero-order chi connectivity index (χ0) is 16.8. The van der Waals surface area contributed by atoms with E-state index in [-0.39, 0.29) is 28.0 Å². The van der Waals surface area contributed by atoms with Crippen LogP contribution in [0.2, 0.25) is 0 Å². The van der Waals surface area contributed by atoms with Crippen molar-refractivity contribution in [2.45, 2.75) is 13.1 Å². The SMILES string of the molecule is COc1cc(C(F)(F)F)ccc1-c1n[nH]c(=O)c2c(C)noc12.